The lowest BCUT2D eigenvalue weighted by atomic mass is 10.1. The van der Waals surface area contributed by atoms with Crippen LogP contribution < -0.4 is 11.1 Å². The molecule has 1 amide bonds. The summed E-state index contributed by atoms with van der Waals surface area (Å²) in [5.41, 5.74) is 6.86. The Labute approximate surface area is 120 Å². The van der Waals surface area contributed by atoms with Gasteiger partial charge in [0.2, 0.25) is 5.91 Å². The molecule has 3 N–H and O–H groups in total. The third-order valence-electron chi connectivity index (χ3n) is 3.20. The third kappa shape index (κ3) is 4.21. The highest BCUT2D eigenvalue weighted by molar-refractivity contribution is 5.92. The molecule has 20 heavy (non-hydrogen) atoms. The largest absolute Gasteiger partial charge is 0.399 e. The van der Waals surface area contributed by atoms with E-state index >= 15 is 0 Å². The average molecular weight is 277 g/mol. The zero-order chi connectivity index (χ0) is 14.8. The van der Waals surface area contributed by atoms with Gasteiger partial charge in [-0.1, -0.05) is 0 Å². The molecule has 2 rings (SSSR count). The van der Waals surface area contributed by atoms with Crippen LogP contribution in [-0.2, 0) is 9.53 Å². The summed E-state index contributed by atoms with van der Waals surface area (Å²) in [6, 6.07) is 7.16. The smallest absolute Gasteiger partial charge is 0.238 e. The minimum atomic E-state index is -0.209. The molecule has 1 aromatic carbocycles. The first-order chi connectivity index (χ1) is 9.34. The molecule has 0 aliphatic carbocycles. The van der Waals surface area contributed by atoms with Crippen LogP contribution in [0.3, 0.4) is 0 Å². The second-order valence-corrected chi connectivity index (χ2v) is 6.03. The number of nitrogens with zero attached hydrogens (tertiary/aromatic N) is 1. The second kappa shape index (κ2) is 5.81. The number of rotatable bonds is 3. The van der Waals surface area contributed by atoms with E-state index in [1.54, 1.807) is 24.3 Å². The van der Waals surface area contributed by atoms with Gasteiger partial charge in [-0.25, -0.2) is 0 Å². The molecule has 110 valence electrons. The molecule has 5 heteroatoms. The molecule has 1 aliphatic heterocycles. The summed E-state index contributed by atoms with van der Waals surface area (Å²) in [5.74, 6) is -0.0142. The summed E-state index contributed by atoms with van der Waals surface area (Å²) in [7, 11) is 0. The van der Waals surface area contributed by atoms with E-state index in [0.29, 0.717) is 12.2 Å². The molecule has 5 nitrogen and oxygen atoms in total. The number of nitrogens with two attached hydrogens (primary N) is 1. The molecule has 0 saturated carbocycles. The van der Waals surface area contributed by atoms with Crippen LogP contribution in [0.4, 0.5) is 11.4 Å². The number of benzene rings is 1. The van der Waals surface area contributed by atoms with Crippen molar-refractivity contribution in [3.05, 3.63) is 24.3 Å². The molecule has 1 fully saturated rings. The quantitative estimate of drug-likeness (QED) is 0.825. The summed E-state index contributed by atoms with van der Waals surface area (Å²) in [4.78, 5) is 14.2. The molecule has 1 saturated heterocycles. The first kappa shape index (κ1) is 14.8. The van der Waals surface area contributed by atoms with Gasteiger partial charge in [-0.05, 0) is 45.0 Å². The molecule has 1 unspecified atom stereocenters. The van der Waals surface area contributed by atoms with Gasteiger partial charge < -0.3 is 15.8 Å². The maximum Gasteiger partial charge on any atom is 0.238 e. The summed E-state index contributed by atoms with van der Waals surface area (Å²) < 4.78 is 5.83. The maximum absolute atomic E-state index is 12.1. The number of carbonyl (C=O) groups excluding carboxylic acids is 1. The molecule has 1 aromatic rings. The number of nitrogens with one attached hydrogen (secondary N) is 1. The lowest BCUT2D eigenvalue weighted by Gasteiger charge is -2.41. The van der Waals surface area contributed by atoms with Gasteiger partial charge >= 0.3 is 0 Å². The fourth-order valence-corrected chi connectivity index (χ4v) is 2.68. The van der Waals surface area contributed by atoms with Gasteiger partial charge in [-0.3, -0.25) is 9.69 Å². The van der Waals surface area contributed by atoms with Crippen LogP contribution in [0.15, 0.2) is 24.3 Å². The fourth-order valence-electron chi connectivity index (χ4n) is 2.68. The van der Waals surface area contributed by atoms with Crippen LogP contribution in [0.5, 0.6) is 0 Å². The monoisotopic (exact) mass is 277 g/mol. The molecule has 1 atom stereocenters. The Bertz CT molecular complexity index is 471. The Morgan fingerprint density at radius 1 is 1.45 bits per heavy atom. The van der Waals surface area contributed by atoms with Crippen LogP contribution in [0, 0.1) is 0 Å². The summed E-state index contributed by atoms with van der Waals surface area (Å²) in [5, 5.41) is 2.88. The van der Waals surface area contributed by atoms with Crippen molar-refractivity contribution in [1.29, 1.82) is 0 Å². The van der Waals surface area contributed by atoms with Gasteiger partial charge in [-0.15, -0.1) is 0 Å². The number of hydrogen-bond acceptors (Lipinski definition) is 4. The summed E-state index contributed by atoms with van der Waals surface area (Å²) in [6.45, 7) is 8.04. The highest BCUT2D eigenvalue weighted by Crippen LogP contribution is 2.20. The van der Waals surface area contributed by atoms with E-state index < -0.39 is 0 Å². The minimum absolute atomic E-state index is 0.0142. The number of amides is 1. The predicted molar refractivity (Wildman–Crippen MR) is 80.6 cm³/mol. The molecule has 0 aromatic heterocycles. The van der Waals surface area contributed by atoms with Crippen molar-refractivity contribution < 1.29 is 9.53 Å². The van der Waals surface area contributed by atoms with E-state index in [0.717, 1.165) is 18.8 Å². The first-order valence-electron chi connectivity index (χ1n) is 6.90. The molecule has 0 bridgehead atoms. The molecule has 1 aliphatic rings. The van der Waals surface area contributed by atoms with Crippen LogP contribution in [-0.4, -0.2) is 42.1 Å². The topological polar surface area (TPSA) is 67.6 Å². The zero-order valence-corrected chi connectivity index (χ0v) is 12.3. The van der Waals surface area contributed by atoms with Crippen LogP contribution in [0.25, 0.3) is 0 Å². The van der Waals surface area contributed by atoms with Gasteiger partial charge in [0.1, 0.15) is 0 Å². The van der Waals surface area contributed by atoms with Crippen molar-refractivity contribution in [1.82, 2.24) is 4.90 Å². The molecule has 1 heterocycles. The number of carbonyl (C=O) groups is 1. The Hall–Kier alpha value is -1.59. The van der Waals surface area contributed by atoms with Gasteiger partial charge in [0.25, 0.3) is 0 Å². The van der Waals surface area contributed by atoms with Crippen molar-refractivity contribution in [2.24, 2.45) is 0 Å². The van der Waals surface area contributed by atoms with E-state index in [-0.39, 0.29) is 17.6 Å². The van der Waals surface area contributed by atoms with E-state index in [4.69, 9.17) is 10.5 Å². The number of anilines is 2. The van der Waals surface area contributed by atoms with Gasteiger partial charge in [-0.2, -0.15) is 0 Å². The average Bonchev–Trinajstić information content (AvgIpc) is 2.29. The normalized spacial score (nSPS) is 22.4. The number of morpholine rings is 1. The van der Waals surface area contributed by atoms with Crippen LogP contribution in [0.1, 0.15) is 20.8 Å². The van der Waals surface area contributed by atoms with Gasteiger partial charge in [0.05, 0.1) is 18.2 Å². The lowest BCUT2D eigenvalue weighted by Crippen LogP contribution is -2.53. The number of ether oxygens (including phenoxy) is 1. The second-order valence-electron chi connectivity index (χ2n) is 6.03. The Morgan fingerprint density at radius 3 is 2.70 bits per heavy atom. The minimum Gasteiger partial charge on any atom is -0.399 e. The molecule has 0 radical (unpaired) electrons. The zero-order valence-electron chi connectivity index (χ0n) is 12.3. The van der Waals surface area contributed by atoms with Crippen molar-refractivity contribution >= 4 is 17.3 Å². The SMILES string of the molecule is CC1CN(CC(=O)Nc2ccc(N)cc2)CC(C)(C)O1. The first-order valence-corrected chi connectivity index (χ1v) is 6.90. The standard InChI is InChI=1S/C15H23N3O2/c1-11-8-18(10-15(2,3)20-11)9-14(19)17-13-6-4-12(16)5-7-13/h4-7,11H,8-10,16H2,1-3H3,(H,17,19). The predicted octanol–water partition coefficient (Wildman–Crippen LogP) is 1.71. The Kier molecular flexibility index (Phi) is 4.30. The third-order valence-corrected chi connectivity index (χ3v) is 3.20. The van der Waals surface area contributed by atoms with E-state index in [1.807, 2.05) is 20.8 Å². The number of nitrogen functional groups attached to an aromatic ring is 1. The fraction of sp³-hybridized carbons (Fsp3) is 0.533. The van der Waals surface area contributed by atoms with Gasteiger partial charge in [0.15, 0.2) is 0 Å². The van der Waals surface area contributed by atoms with Crippen molar-refractivity contribution in [3.63, 3.8) is 0 Å². The van der Waals surface area contributed by atoms with Crippen molar-refractivity contribution in [2.75, 3.05) is 30.7 Å². The van der Waals surface area contributed by atoms with Crippen molar-refractivity contribution in [2.45, 2.75) is 32.5 Å². The van der Waals surface area contributed by atoms with E-state index in [2.05, 4.69) is 10.2 Å². The maximum atomic E-state index is 12.1. The van der Waals surface area contributed by atoms with Crippen molar-refractivity contribution in [3.8, 4) is 0 Å². The van der Waals surface area contributed by atoms with Gasteiger partial charge in [0, 0.05) is 24.5 Å². The van der Waals surface area contributed by atoms with E-state index in [9.17, 15) is 4.79 Å². The van der Waals surface area contributed by atoms with Crippen LogP contribution in [0.2, 0.25) is 0 Å². The van der Waals surface area contributed by atoms with Crippen LogP contribution >= 0.6 is 0 Å². The summed E-state index contributed by atoms with van der Waals surface area (Å²) in [6.07, 6.45) is 0.142. The highest BCUT2D eigenvalue weighted by atomic mass is 16.5. The highest BCUT2D eigenvalue weighted by Gasteiger charge is 2.31. The lowest BCUT2D eigenvalue weighted by molar-refractivity contribution is -0.136. The molecule has 0 spiro atoms. The Morgan fingerprint density at radius 2 is 2.10 bits per heavy atom. The molecular formula is C15H23N3O2. The molecular weight excluding hydrogens is 254 g/mol. The summed E-state index contributed by atoms with van der Waals surface area (Å²) >= 11 is 0. The Balaban J connectivity index is 1.89. The number of hydrogen-bond donors (Lipinski definition) is 2. The van der Waals surface area contributed by atoms with E-state index in [1.165, 1.54) is 0 Å².